The Morgan fingerprint density at radius 3 is 2.59 bits per heavy atom. The van der Waals surface area contributed by atoms with Crippen molar-refractivity contribution in [3.8, 4) is 11.3 Å². The molecule has 4 rings (SSSR count). The van der Waals surface area contributed by atoms with Crippen LogP contribution in [0.4, 0.5) is 0 Å². The predicted molar refractivity (Wildman–Crippen MR) is 105 cm³/mol. The first kappa shape index (κ1) is 17.6. The second-order valence-electron chi connectivity index (χ2n) is 7.54. The average molecular weight is 382 g/mol. The number of benzene rings is 1. The maximum absolute atomic E-state index is 6.32. The first-order chi connectivity index (χ1) is 12.8. The molecule has 0 amide bonds. The van der Waals surface area contributed by atoms with Gasteiger partial charge in [-0.3, -0.25) is 5.10 Å². The van der Waals surface area contributed by atoms with Crippen molar-refractivity contribution in [2.75, 3.05) is 0 Å². The van der Waals surface area contributed by atoms with Gasteiger partial charge in [0.25, 0.3) is 0 Å². The van der Waals surface area contributed by atoms with Crippen LogP contribution in [0, 0.1) is 6.92 Å². The third kappa shape index (κ3) is 3.19. The van der Waals surface area contributed by atoms with E-state index in [0.717, 1.165) is 28.3 Å². The monoisotopic (exact) mass is 381 g/mol. The number of nitrogens with one attached hydrogen (secondary N) is 1. The van der Waals surface area contributed by atoms with Gasteiger partial charge in [-0.1, -0.05) is 55.8 Å². The van der Waals surface area contributed by atoms with Crippen molar-refractivity contribution >= 4 is 22.8 Å². The average Bonchev–Trinajstić information content (AvgIpc) is 3.22. The van der Waals surface area contributed by atoms with Crippen molar-refractivity contribution in [1.82, 2.24) is 35.2 Å². The minimum absolute atomic E-state index is 0.222. The van der Waals surface area contributed by atoms with Gasteiger partial charge in [0, 0.05) is 22.2 Å². The molecule has 0 radical (unpaired) electrons. The molecule has 3 aromatic heterocycles. The van der Waals surface area contributed by atoms with Crippen molar-refractivity contribution in [3.63, 3.8) is 0 Å². The first-order valence-corrected chi connectivity index (χ1v) is 9.08. The highest BCUT2D eigenvalue weighted by molar-refractivity contribution is 6.31. The topological polar surface area (TPSA) is 85.2 Å². The maximum Gasteiger partial charge on any atom is 0.182 e. The predicted octanol–water partition coefficient (Wildman–Crippen LogP) is 3.92. The van der Waals surface area contributed by atoms with E-state index in [0.29, 0.717) is 22.7 Å². The Bertz CT molecular complexity index is 1120. The van der Waals surface area contributed by atoms with E-state index in [1.807, 2.05) is 37.4 Å². The van der Waals surface area contributed by atoms with Crippen molar-refractivity contribution in [1.29, 1.82) is 0 Å². The number of hydrogen-bond acceptors (Lipinski definition) is 5. The zero-order chi connectivity index (χ0) is 19.2. The molecule has 8 heteroatoms. The molecule has 0 saturated heterocycles. The summed E-state index contributed by atoms with van der Waals surface area (Å²) in [7, 11) is 0. The number of rotatable bonds is 3. The highest BCUT2D eigenvalue weighted by Crippen LogP contribution is 2.30. The van der Waals surface area contributed by atoms with E-state index in [4.69, 9.17) is 21.6 Å². The Kier molecular flexibility index (Phi) is 4.19. The highest BCUT2D eigenvalue weighted by atomic mass is 35.5. The van der Waals surface area contributed by atoms with E-state index in [1.54, 1.807) is 4.68 Å². The zero-order valence-electron chi connectivity index (χ0n) is 15.7. The van der Waals surface area contributed by atoms with Crippen LogP contribution in [0.1, 0.15) is 37.9 Å². The molecule has 138 valence electrons. The van der Waals surface area contributed by atoms with Gasteiger partial charge in [0.05, 0.1) is 12.2 Å². The number of aryl methyl sites for hydroxylation is 1. The fourth-order valence-electron chi connectivity index (χ4n) is 2.87. The Morgan fingerprint density at radius 1 is 1.15 bits per heavy atom. The van der Waals surface area contributed by atoms with E-state index in [2.05, 4.69) is 41.3 Å². The van der Waals surface area contributed by atoms with Gasteiger partial charge in [-0.05, 0) is 18.6 Å². The van der Waals surface area contributed by atoms with Crippen LogP contribution in [0.5, 0.6) is 0 Å². The Morgan fingerprint density at radius 2 is 1.93 bits per heavy atom. The summed E-state index contributed by atoms with van der Waals surface area (Å²) in [6.07, 6.45) is 1.83. The molecule has 3 heterocycles. The molecule has 4 aromatic rings. The number of nitrogens with zero attached hydrogens (tertiary/aromatic N) is 6. The largest absolute Gasteiger partial charge is 0.285 e. The van der Waals surface area contributed by atoms with Gasteiger partial charge < -0.3 is 0 Å². The molecule has 0 saturated carbocycles. The van der Waals surface area contributed by atoms with Crippen LogP contribution < -0.4 is 0 Å². The summed E-state index contributed by atoms with van der Waals surface area (Å²) in [4.78, 5) is 9.59. The molecule has 0 aliphatic rings. The van der Waals surface area contributed by atoms with E-state index < -0.39 is 0 Å². The SMILES string of the molecule is Cc1n[nH]cc1-c1nc(C(C)(C)C)nc2c1nnn2Cc1ccccc1Cl. The van der Waals surface area contributed by atoms with Crippen molar-refractivity contribution in [2.45, 2.75) is 39.7 Å². The van der Waals surface area contributed by atoms with Gasteiger partial charge >= 0.3 is 0 Å². The molecule has 1 aromatic carbocycles. The molecule has 0 atom stereocenters. The quantitative estimate of drug-likeness (QED) is 0.581. The summed E-state index contributed by atoms with van der Waals surface area (Å²) in [5.74, 6) is 0.730. The second-order valence-corrected chi connectivity index (χ2v) is 7.95. The summed E-state index contributed by atoms with van der Waals surface area (Å²) < 4.78 is 1.77. The van der Waals surface area contributed by atoms with Gasteiger partial charge in [-0.25, -0.2) is 14.6 Å². The summed E-state index contributed by atoms with van der Waals surface area (Å²) >= 11 is 6.32. The lowest BCUT2D eigenvalue weighted by Gasteiger charge is -2.17. The Hall–Kier alpha value is -2.80. The van der Waals surface area contributed by atoms with Gasteiger partial charge in [-0.15, -0.1) is 5.10 Å². The minimum atomic E-state index is -0.222. The van der Waals surface area contributed by atoms with Gasteiger partial charge in [0.1, 0.15) is 11.5 Å². The highest BCUT2D eigenvalue weighted by Gasteiger charge is 2.24. The molecule has 0 fully saturated rings. The van der Waals surface area contributed by atoms with Gasteiger partial charge in [0.2, 0.25) is 0 Å². The molecule has 0 spiro atoms. The molecule has 1 N–H and O–H groups in total. The van der Waals surface area contributed by atoms with E-state index in [-0.39, 0.29) is 5.41 Å². The number of hydrogen-bond donors (Lipinski definition) is 1. The maximum atomic E-state index is 6.32. The fraction of sp³-hybridized carbons (Fsp3) is 0.316. The lowest BCUT2D eigenvalue weighted by molar-refractivity contribution is 0.546. The van der Waals surface area contributed by atoms with Crippen LogP contribution in [-0.2, 0) is 12.0 Å². The first-order valence-electron chi connectivity index (χ1n) is 8.70. The van der Waals surface area contributed by atoms with Gasteiger partial charge in [0.15, 0.2) is 11.2 Å². The molecule has 0 bridgehead atoms. The van der Waals surface area contributed by atoms with Crippen molar-refractivity contribution in [2.24, 2.45) is 0 Å². The minimum Gasteiger partial charge on any atom is -0.285 e. The third-order valence-corrected chi connectivity index (χ3v) is 4.77. The summed E-state index contributed by atoms with van der Waals surface area (Å²) in [6, 6.07) is 7.70. The summed E-state index contributed by atoms with van der Waals surface area (Å²) in [6.45, 7) is 8.68. The van der Waals surface area contributed by atoms with Crippen LogP contribution in [0.15, 0.2) is 30.5 Å². The second kappa shape index (κ2) is 6.42. The number of halogens is 1. The van der Waals surface area contributed by atoms with E-state index >= 15 is 0 Å². The zero-order valence-corrected chi connectivity index (χ0v) is 16.4. The van der Waals surface area contributed by atoms with E-state index in [9.17, 15) is 0 Å². The smallest absolute Gasteiger partial charge is 0.182 e. The Labute approximate surface area is 161 Å². The van der Waals surface area contributed by atoms with Crippen LogP contribution in [0.25, 0.3) is 22.4 Å². The lowest BCUT2D eigenvalue weighted by atomic mass is 9.95. The van der Waals surface area contributed by atoms with Crippen LogP contribution >= 0.6 is 11.6 Å². The van der Waals surface area contributed by atoms with Crippen LogP contribution in [0.3, 0.4) is 0 Å². The standard InChI is InChI=1S/C19H20ClN7/c1-11-13(9-21-24-11)15-16-17(23-18(22-15)19(2,3)4)27(26-25-16)10-12-7-5-6-8-14(12)20/h5-9H,10H2,1-4H3,(H,21,24). The molecule has 7 nitrogen and oxygen atoms in total. The van der Waals surface area contributed by atoms with E-state index in [1.165, 1.54) is 0 Å². The fourth-order valence-corrected chi connectivity index (χ4v) is 3.07. The number of aromatic nitrogens is 7. The molecule has 0 aliphatic carbocycles. The van der Waals surface area contributed by atoms with Crippen molar-refractivity contribution < 1.29 is 0 Å². The third-order valence-electron chi connectivity index (χ3n) is 4.40. The van der Waals surface area contributed by atoms with Crippen molar-refractivity contribution in [3.05, 3.63) is 52.6 Å². The lowest BCUT2D eigenvalue weighted by Crippen LogP contribution is -2.17. The molecule has 0 aliphatic heterocycles. The van der Waals surface area contributed by atoms with Crippen LogP contribution in [-0.4, -0.2) is 35.2 Å². The summed E-state index contributed by atoms with van der Waals surface area (Å²) in [5.41, 5.74) is 4.57. The summed E-state index contributed by atoms with van der Waals surface area (Å²) in [5, 5.41) is 16.5. The molecule has 0 unspecified atom stereocenters. The van der Waals surface area contributed by atoms with Gasteiger partial charge in [-0.2, -0.15) is 5.10 Å². The normalized spacial score (nSPS) is 12.0. The molecular weight excluding hydrogens is 362 g/mol. The molecular formula is C19H20ClN7. The number of aromatic amines is 1. The number of fused-ring (bicyclic) bond motifs is 1. The molecule has 27 heavy (non-hydrogen) atoms. The Balaban J connectivity index is 1.93. The number of H-pyrrole nitrogens is 1. The van der Waals surface area contributed by atoms with Crippen LogP contribution in [0.2, 0.25) is 5.02 Å².